The van der Waals surface area contributed by atoms with E-state index in [0.717, 1.165) is 51.2 Å². The summed E-state index contributed by atoms with van der Waals surface area (Å²) >= 11 is 6.03. The average Bonchev–Trinajstić information content (AvgIpc) is 3.43. The van der Waals surface area contributed by atoms with Crippen molar-refractivity contribution >= 4 is 11.6 Å². The number of benzene rings is 1. The van der Waals surface area contributed by atoms with Crippen molar-refractivity contribution in [1.82, 2.24) is 20.4 Å². The van der Waals surface area contributed by atoms with Gasteiger partial charge < -0.3 is 14.5 Å². The van der Waals surface area contributed by atoms with E-state index in [1.54, 1.807) is 13.0 Å². The fourth-order valence-electron chi connectivity index (χ4n) is 4.95. The van der Waals surface area contributed by atoms with Crippen LogP contribution in [0.1, 0.15) is 41.7 Å². The maximum Gasteiger partial charge on any atom is 0.349 e. The molecule has 0 bridgehead atoms. The number of hydrogen-bond donors (Lipinski definition) is 1. The van der Waals surface area contributed by atoms with E-state index in [1.165, 1.54) is 12.1 Å². The molecule has 4 heterocycles. The van der Waals surface area contributed by atoms with Crippen LogP contribution >= 0.6 is 11.6 Å². The summed E-state index contributed by atoms with van der Waals surface area (Å²) in [4.78, 5) is 2.37. The molecule has 9 heteroatoms. The second-order valence-corrected chi connectivity index (χ2v) is 9.24. The number of nitrogens with one attached hydrogen (secondary N) is 1. The number of aryl methyl sites for hydroxylation is 1. The highest BCUT2D eigenvalue weighted by atomic mass is 35.5. The van der Waals surface area contributed by atoms with E-state index in [0.29, 0.717) is 12.6 Å². The highest BCUT2D eigenvalue weighted by Gasteiger charge is 2.54. The molecular weight excluding hydrogens is 414 g/mol. The lowest BCUT2D eigenvalue weighted by Gasteiger charge is -2.50. The zero-order chi connectivity index (χ0) is 20.9. The van der Waals surface area contributed by atoms with Crippen molar-refractivity contribution in [3.8, 4) is 0 Å². The Morgan fingerprint density at radius 2 is 2.17 bits per heavy atom. The van der Waals surface area contributed by atoms with Crippen LogP contribution in [0.5, 0.6) is 0 Å². The number of nitrogens with zero attached hydrogens (tertiary/aromatic N) is 3. The summed E-state index contributed by atoms with van der Waals surface area (Å²) < 4.78 is 41.3. The quantitative estimate of drug-likeness (QED) is 0.772. The summed E-state index contributed by atoms with van der Waals surface area (Å²) in [6.07, 6.45) is 2.54. The second-order valence-electron chi connectivity index (χ2n) is 8.83. The van der Waals surface area contributed by atoms with Crippen molar-refractivity contribution in [2.45, 2.75) is 37.7 Å². The Kier molecular flexibility index (Phi) is 5.08. The summed E-state index contributed by atoms with van der Waals surface area (Å²) in [5.74, 6) is -3.87. The van der Waals surface area contributed by atoms with E-state index in [2.05, 4.69) is 20.4 Å². The van der Waals surface area contributed by atoms with Gasteiger partial charge >= 0.3 is 5.92 Å². The number of halogens is 3. The van der Waals surface area contributed by atoms with Crippen LogP contribution < -0.4 is 5.32 Å². The third kappa shape index (κ3) is 3.43. The highest BCUT2D eigenvalue weighted by Crippen LogP contribution is 2.47. The zero-order valence-corrected chi connectivity index (χ0v) is 17.6. The van der Waals surface area contributed by atoms with Gasteiger partial charge in [0.1, 0.15) is 0 Å². The Bertz CT molecular complexity index is 925. The molecule has 3 aliphatic rings. The van der Waals surface area contributed by atoms with Crippen LogP contribution in [-0.4, -0.2) is 60.5 Å². The van der Waals surface area contributed by atoms with Gasteiger partial charge in [0.15, 0.2) is 0 Å². The molecule has 0 aliphatic carbocycles. The first-order valence-corrected chi connectivity index (χ1v) is 10.8. The monoisotopic (exact) mass is 438 g/mol. The summed E-state index contributed by atoms with van der Waals surface area (Å²) in [7, 11) is 0. The lowest BCUT2D eigenvalue weighted by Crippen LogP contribution is -2.61. The molecule has 6 nitrogen and oxygen atoms in total. The number of hydrogen-bond acceptors (Lipinski definition) is 6. The number of likely N-dealkylation sites (tertiary alicyclic amines) is 1. The van der Waals surface area contributed by atoms with E-state index in [9.17, 15) is 8.78 Å². The normalized spacial score (nSPS) is 26.4. The van der Waals surface area contributed by atoms with Crippen LogP contribution in [-0.2, 0) is 10.7 Å². The van der Waals surface area contributed by atoms with Crippen LogP contribution in [0.3, 0.4) is 0 Å². The molecule has 3 aliphatic heterocycles. The standard InChI is InChI=1S/C21H25ClF2N4O2/c1-13-4-5-14(7-17(13)22)21(23,24)19-27-26-18(30-19)16-8-25-10-20(16)11-28(12-20)9-15-3-2-6-29-15/h4-5,7,15-16,25H,2-3,6,8-12H2,1H3. The number of ether oxygens (including phenoxy) is 1. The van der Waals surface area contributed by atoms with Crippen LogP contribution in [0, 0.1) is 12.3 Å². The van der Waals surface area contributed by atoms with E-state index in [1.807, 2.05) is 0 Å². The molecule has 1 spiro atoms. The van der Waals surface area contributed by atoms with Crippen molar-refractivity contribution in [2.75, 3.05) is 39.3 Å². The molecule has 5 rings (SSSR count). The van der Waals surface area contributed by atoms with Crippen molar-refractivity contribution < 1.29 is 17.9 Å². The Morgan fingerprint density at radius 1 is 1.33 bits per heavy atom. The molecule has 1 aromatic heterocycles. The van der Waals surface area contributed by atoms with Gasteiger partial charge in [-0.25, -0.2) is 0 Å². The SMILES string of the molecule is Cc1ccc(C(F)(F)c2nnc(C3CNCC34CN(CC3CCCO3)C4)o2)cc1Cl. The Balaban J connectivity index is 1.31. The maximum absolute atomic E-state index is 15.0. The molecule has 3 saturated heterocycles. The van der Waals surface area contributed by atoms with Crippen molar-refractivity contribution in [1.29, 1.82) is 0 Å². The molecule has 0 radical (unpaired) electrons. The molecule has 30 heavy (non-hydrogen) atoms. The zero-order valence-electron chi connectivity index (χ0n) is 16.8. The van der Waals surface area contributed by atoms with Crippen molar-refractivity contribution in [2.24, 2.45) is 5.41 Å². The minimum atomic E-state index is -3.40. The molecule has 162 valence electrons. The van der Waals surface area contributed by atoms with Gasteiger partial charge in [0, 0.05) is 55.3 Å². The summed E-state index contributed by atoms with van der Waals surface area (Å²) in [5, 5.41) is 11.4. The summed E-state index contributed by atoms with van der Waals surface area (Å²) in [5.41, 5.74) is 0.433. The first-order chi connectivity index (χ1) is 14.4. The highest BCUT2D eigenvalue weighted by molar-refractivity contribution is 6.31. The molecule has 2 atom stereocenters. The summed E-state index contributed by atoms with van der Waals surface area (Å²) in [6, 6.07) is 4.17. The van der Waals surface area contributed by atoms with E-state index in [-0.39, 0.29) is 27.8 Å². The van der Waals surface area contributed by atoms with Crippen molar-refractivity contribution in [3.63, 3.8) is 0 Å². The Morgan fingerprint density at radius 3 is 2.90 bits per heavy atom. The molecule has 1 N–H and O–H groups in total. The van der Waals surface area contributed by atoms with Gasteiger partial charge in [0.05, 0.1) is 12.0 Å². The minimum absolute atomic E-state index is 0.0507. The molecule has 0 saturated carbocycles. The lowest BCUT2D eigenvalue weighted by atomic mass is 9.71. The molecule has 3 fully saturated rings. The van der Waals surface area contributed by atoms with Gasteiger partial charge in [0.2, 0.25) is 5.89 Å². The topological polar surface area (TPSA) is 63.4 Å². The molecule has 2 unspecified atom stereocenters. The van der Waals surface area contributed by atoms with Gasteiger partial charge in [-0.1, -0.05) is 23.7 Å². The maximum atomic E-state index is 15.0. The van der Waals surface area contributed by atoms with Gasteiger partial charge in [0.25, 0.3) is 5.89 Å². The third-order valence-electron chi connectivity index (χ3n) is 6.67. The first-order valence-electron chi connectivity index (χ1n) is 10.4. The van der Waals surface area contributed by atoms with Gasteiger partial charge in [-0.05, 0) is 31.4 Å². The number of rotatable bonds is 5. The lowest BCUT2D eigenvalue weighted by molar-refractivity contribution is -0.0360. The van der Waals surface area contributed by atoms with Crippen LogP contribution in [0.2, 0.25) is 5.02 Å². The summed E-state index contributed by atoms with van der Waals surface area (Å²) in [6.45, 7) is 6.77. The molecule has 0 amide bonds. The minimum Gasteiger partial charge on any atom is -0.419 e. The van der Waals surface area contributed by atoms with Crippen LogP contribution in [0.25, 0.3) is 0 Å². The third-order valence-corrected chi connectivity index (χ3v) is 7.08. The Labute approximate surface area is 178 Å². The molecule has 2 aromatic rings. The van der Waals surface area contributed by atoms with E-state index < -0.39 is 11.8 Å². The predicted molar refractivity (Wildman–Crippen MR) is 107 cm³/mol. The molecular formula is C21H25ClF2N4O2. The first kappa shape index (κ1) is 20.3. The average molecular weight is 439 g/mol. The second kappa shape index (κ2) is 7.51. The fourth-order valence-corrected chi connectivity index (χ4v) is 5.13. The van der Waals surface area contributed by atoms with E-state index >= 15 is 0 Å². The van der Waals surface area contributed by atoms with Gasteiger partial charge in [-0.15, -0.1) is 10.2 Å². The van der Waals surface area contributed by atoms with Gasteiger partial charge in [-0.3, -0.25) is 4.90 Å². The smallest absolute Gasteiger partial charge is 0.349 e. The number of alkyl halides is 2. The van der Waals surface area contributed by atoms with E-state index in [4.69, 9.17) is 20.8 Å². The fraction of sp³-hybridized carbons (Fsp3) is 0.619. The van der Waals surface area contributed by atoms with Crippen molar-refractivity contribution in [3.05, 3.63) is 46.1 Å². The van der Waals surface area contributed by atoms with Crippen LogP contribution in [0.15, 0.2) is 22.6 Å². The largest absolute Gasteiger partial charge is 0.419 e. The predicted octanol–water partition coefficient (Wildman–Crippen LogP) is 3.34. The Hall–Kier alpha value is -1.61. The molecule has 1 aromatic carbocycles. The van der Waals surface area contributed by atoms with Crippen LogP contribution in [0.4, 0.5) is 8.78 Å². The van der Waals surface area contributed by atoms with Gasteiger partial charge in [-0.2, -0.15) is 8.78 Å². The number of aromatic nitrogens is 2.